The first-order valence-electron chi connectivity index (χ1n) is 8.60. The van der Waals surface area contributed by atoms with E-state index in [0.29, 0.717) is 11.4 Å². The van der Waals surface area contributed by atoms with Gasteiger partial charge in [-0.05, 0) is 31.7 Å². The third-order valence-electron chi connectivity index (χ3n) is 4.70. The van der Waals surface area contributed by atoms with Crippen molar-refractivity contribution < 1.29 is 9.32 Å². The molecule has 25 heavy (non-hydrogen) atoms. The Labute approximate surface area is 145 Å². The number of fused-ring (bicyclic) bond motifs is 1. The van der Waals surface area contributed by atoms with Crippen molar-refractivity contribution in [2.24, 2.45) is 0 Å². The van der Waals surface area contributed by atoms with Crippen molar-refractivity contribution in [2.75, 3.05) is 5.32 Å². The molecule has 1 unspecified atom stereocenters. The molecule has 1 atom stereocenters. The molecule has 2 aromatic heterocycles. The molecule has 0 radical (unpaired) electrons. The second kappa shape index (κ2) is 6.55. The number of rotatable bonds is 4. The Morgan fingerprint density at radius 2 is 2.04 bits per heavy atom. The summed E-state index contributed by atoms with van der Waals surface area (Å²) < 4.78 is 7.15. The fourth-order valence-electron chi connectivity index (χ4n) is 3.25. The van der Waals surface area contributed by atoms with E-state index < -0.39 is 0 Å². The van der Waals surface area contributed by atoms with Gasteiger partial charge in [-0.3, -0.25) is 9.48 Å². The first kappa shape index (κ1) is 15.6. The average molecular weight is 336 g/mol. The van der Waals surface area contributed by atoms with Crippen LogP contribution in [0.5, 0.6) is 0 Å². The molecule has 3 aromatic rings. The summed E-state index contributed by atoms with van der Waals surface area (Å²) in [5.41, 5.74) is 3.17. The van der Waals surface area contributed by atoms with Crippen LogP contribution >= 0.6 is 0 Å². The number of aromatic nitrogens is 3. The predicted octanol–water partition coefficient (Wildman–Crippen LogP) is 3.61. The van der Waals surface area contributed by atoms with Gasteiger partial charge in [0.15, 0.2) is 5.69 Å². The number of anilines is 1. The first-order chi connectivity index (χ1) is 12.2. The van der Waals surface area contributed by atoms with Crippen LogP contribution in [0.1, 0.15) is 53.2 Å². The highest BCUT2D eigenvalue weighted by atomic mass is 16.5. The Kier molecular flexibility index (Phi) is 4.09. The van der Waals surface area contributed by atoms with Crippen LogP contribution in [0.3, 0.4) is 0 Å². The van der Waals surface area contributed by atoms with Crippen molar-refractivity contribution in [2.45, 2.75) is 38.6 Å². The van der Waals surface area contributed by atoms with Crippen LogP contribution in [-0.4, -0.2) is 20.8 Å². The van der Waals surface area contributed by atoms with Gasteiger partial charge in [-0.25, -0.2) is 0 Å². The first-order valence-corrected chi connectivity index (χ1v) is 8.60. The van der Waals surface area contributed by atoms with Gasteiger partial charge >= 0.3 is 0 Å². The molecule has 2 heterocycles. The largest absolute Gasteiger partial charge is 0.360 e. The van der Waals surface area contributed by atoms with Crippen LogP contribution in [-0.2, 0) is 12.8 Å². The molecule has 0 aliphatic heterocycles. The molecule has 6 nitrogen and oxygen atoms in total. The summed E-state index contributed by atoms with van der Waals surface area (Å²) in [5.74, 6) is 0.614. The average Bonchev–Trinajstić information content (AvgIpc) is 3.28. The summed E-state index contributed by atoms with van der Waals surface area (Å²) in [6.45, 7) is 2.07. The SMILES string of the molecule is CC(c1ccccc1)n1cc(NC(=O)c2noc3c2CCCC3)cn1. The van der Waals surface area contributed by atoms with E-state index in [9.17, 15) is 4.79 Å². The minimum Gasteiger partial charge on any atom is -0.360 e. The number of nitrogens with zero attached hydrogens (tertiary/aromatic N) is 3. The minimum absolute atomic E-state index is 0.0895. The molecular formula is C19H20N4O2. The number of carbonyl (C=O) groups excluding carboxylic acids is 1. The second-order valence-electron chi connectivity index (χ2n) is 6.39. The van der Waals surface area contributed by atoms with Crippen LogP contribution in [0, 0.1) is 0 Å². The number of hydrogen-bond acceptors (Lipinski definition) is 4. The van der Waals surface area contributed by atoms with E-state index in [2.05, 4.69) is 34.6 Å². The fourth-order valence-corrected chi connectivity index (χ4v) is 3.25. The second-order valence-corrected chi connectivity index (χ2v) is 6.39. The maximum Gasteiger partial charge on any atom is 0.278 e. The molecule has 1 N–H and O–H groups in total. The standard InChI is InChI=1S/C19H20N4O2/c1-13(14-7-3-2-4-8-14)23-12-15(11-20-23)21-19(24)18-16-9-5-6-10-17(16)25-22-18/h2-4,7-8,11-13H,5-6,9-10H2,1H3,(H,21,24). The van der Waals surface area contributed by atoms with E-state index in [0.717, 1.165) is 42.6 Å². The topological polar surface area (TPSA) is 73.0 Å². The van der Waals surface area contributed by atoms with Crippen molar-refractivity contribution in [1.82, 2.24) is 14.9 Å². The maximum atomic E-state index is 12.5. The van der Waals surface area contributed by atoms with Crippen molar-refractivity contribution in [3.63, 3.8) is 0 Å². The molecule has 4 rings (SSSR count). The third-order valence-corrected chi connectivity index (χ3v) is 4.70. The number of aryl methyl sites for hydroxylation is 1. The van der Waals surface area contributed by atoms with E-state index in [1.807, 2.05) is 29.1 Å². The van der Waals surface area contributed by atoms with Gasteiger partial charge in [-0.2, -0.15) is 5.10 Å². The number of hydrogen-bond donors (Lipinski definition) is 1. The lowest BCUT2D eigenvalue weighted by molar-refractivity contribution is 0.101. The van der Waals surface area contributed by atoms with Gasteiger partial charge in [0, 0.05) is 18.2 Å². The molecule has 1 amide bonds. The van der Waals surface area contributed by atoms with Gasteiger partial charge in [-0.1, -0.05) is 35.5 Å². The maximum absolute atomic E-state index is 12.5. The molecule has 0 spiro atoms. The lowest BCUT2D eigenvalue weighted by atomic mass is 9.96. The molecule has 6 heteroatoms. The van der Waals surface area contributed by atoms with Crippen LogP contribution in [0.25, 0.3) is 0 Å². The molecule has 0 bridgehead atoms. The highest BCUT2D eigenvalue weighted by Gasteiger charge is 2.24. The summed E-state index contributed by atoms with van der Waals surface area (Å²) in [5, 5.41) is 11.2. The molecule has 0 saturated carbocycles. The van der Waals surface area contributed by atoms with Crippen molar-refractivity contribution in [1.29, 1.82) is 0 Å². The Balaban J connectivity index is 1.49. The van der Waals surface area contributed by atoms with E-state index in [4.69, 9.17) is 4.52 Å². The molecule has 128 valence electrons. The summed E-state index contributed by atoms with van der Waals surface area (Å²) in [6, 6.07) is 10.2. The quantitative estimate of drug-likeness (QED) is 0.790. The Hall–Kier alpha value is -2.89. The van der Waals surface area contributed by atoms with Gasteiger partial charge in [0.05, 0.1) is 17.9 Å². The lowest BCUT2D eigenvalue weighted by Gasteiger charge is -2.12. The number of carbonyl (C=O) groups is 1. The normalized spacial score (nSPS) is 14.8. The fraction of sp³-hybridized carbons (Fsp3) is 0.316. The lowest BCUT2D eigenvalue weighted by Crippen LogP contribution is -2.15. The molecule has 1 aliphatic carbocycles. The van der Waals surface area contributed by atoms with Gasteiger partial charge < -0.3 is 9.84 Å². The zero-order valence-corrected chi connectivity index (χ0v) is 14.1. The van der Waals surface area contributed by atoms with Crippen LogP contribution in [0.15, 0.2) is 47.2 Å². The summed E-state index contributed by atoms with van der Waals surface area (Å²) in [7, 11) is 0. The van der Waals surface area contributed by atoms with E-state index in [1.165, 1.54) is 0 Å². The third kappa shape index (κ3) is 3.07. The molecule has 0 saturated heterocycles. The van der Waals surface area contributed by atoms with Crippen LogP contribution in [0.2, 0.25) is 0 Å². The minimum atomic E-state index is -0.237. The van der Waals surface area contributed by atoms with E-state index >= 15 is 0 Å². The Morgan fingerprint density at radius 3 is 2.88 bits per heavy atom. The van der Waals surface area contributed by atoms with Gasteiger partial charge in [0.25, 0.3) is 5.91 Å². The Morgan fingerprint density at radius 1 is 1.24 bits per heavy atom. The van der Waals surface area contributed by atoms with Crippen molar-refractivity contribution >= 4 is 11.6 Å². The number of amides is 1. The predicted molar refractivity (Wildman–Crippen MR) is 93.6 cm³/mol. The highest BCUT2D eigenvalue weighted by Crippen LogP contribution is 2.25. The van der Waals surface area contributed by atoms with Crippen LogP contribution in [0.4, 0.5) is 5.69 Å². The highest BCUT2D eigenvalue weighted by molar-refractivity contribution is 6.03. The van der Waals surface area contributed by atoms with E-state index in [1.54, 1.807) is 6.20 Å². The van der Waals surface area contributed by atoms with Crippen molar-refractivity contribution in [3.8, 4) is 0 Å². The summed E-state index contributed by atoms with van der Waals surface area (Å²) in [4.78, 5) is 12.5. The van der Waals surface area contributed by atoms with Gasteiger partial charge in [-0.15, -0.1) is 0 Å². The van der Waals surface area contributed by atoms with E-state index in [-0.39, 0.29) is 11.9 Å². The molecule has 0 fully saturated rings. The summed E-state index contributed by atoms with van der Waals surface area (Å²) in [6.07, 6.45) is 7.37. The summed E-state index contributed by atoms with van der Waals surface area (Å²) >= 11 is 0. The Bertz CT molecular complexity index is 882. The molecular weight excluding hydrogens is 316 g/mol. The molecule has 1 aromatic carbocycles. The zero-order valence-electron chi connectivity index (χ0n) is 14.1. The smallest absolute Gasteiger partial charge is 0.278 e. The zero-order chi connectivity index (χ0) is 17.2. The monoisotopic (exact) mass is 336 g/mol. The van der Waals surface area contributed by atoms with Gasteiger partial charge in [0.2, 0.25) is 0 Å². The number of benzene rings is 1. The van der Waals surface area contributed by atoms with Gasteiger partial charge in [0.1, 0.15) is 5.76 Å². The number of nitrogens with one attached hydrogen (secondary N) is 1. The van der Waals surface area contributed by atoms with Crippen LogP contribution < -0.4 is 5.32 Å². The van der Waals surface area contributed by atoms with Crippen molar-refractivity contribution in [3.05, 3.63) is 65.3 Å². The molecule has 1 aliphatic rings.